The van der Waals surface area contributed by atoms with Crippen LogP contribution in [0.3, 0.4) is 0 Å². The number of hydrogen-bond acceptors (Lipinski definition) is 4. The van der Waals surface area contributed by atoms with Gasteiger partial charge in [0, 0.05) is 11.5 Å². The van der Waals surface area contributed by atoms with E-state index >= 15 is 0 Å². The van der Waals surface area contributed by atoms with Gasteiger partial charge in [0.05, 0.1) is 0 Å². The van der Waals surface area contributed by atoms with E-state index in [0.29, 0.717) is 18.6 Å². The molecule has 1 atom stereocenters. The van der Waals surface area contributed by atoms with Gasteiger partial charge in [0.2, 0.25) is 5.91 Å². The Balaban J connectivity index is 2.10. The van der Waals surface area contributed by atoms with E-state index in [2.05, 4.69) is 0 Å². The number of aliphatic carboxylic acids is 1. The van der Waals surface area contributed by atoms with Crippen molar-refractivity contribution in [2.45, 2.75) is 31.3 Å². The number of rotatable bonds is 6. The van der Waals surface area contributed by atoms with Gasteiger partial charge in [0.25, 0.3) is 0 Å². The minimum absolute atomic E-state index is 0.271. The highest BCUT2D eigenvalue weighted by Gasteiger charge is 2.46. The van der Waals surface area contributed by atoms with Crippen LogP contribution in [0.15, 0.2) is 24.3 Å². The van der Waals surface area contributed by atoms with E-state index in [0.717, 1.165) is 12.8 Å². The second-order valence-electron chi connectivity index (χ2n) is 5.39. The highest BCUT2D eigenvalue weighted by atomic mass is 16.5. The summed E-state index contributed by atoms with van der Waals surface area (Å²) in [7, 11) is 0. The van der Waals surface area contributed by atoms with E-state index in [1.807, 2.05) is 0 Å². The Morgan fingerprint density at radius 2 is 2.00 bits per heavy atom. The predicted octanol–water partition coefficient (Wildman–Crippen LogP) is 1.17. The molecule has 114 valence electrons. The summed E-state index contributed by atoms with van der Waals surface area (Å²) in [5.41, 5.74) is 3.54. The van der Waals surface area contributed by atoms with Crippen LogP contribution in [0.2, 0.25) is 0 Å². The third kappa shape index (κ3) is 3.33. The van der Waals surface area contributed by atoms with E-state index in [1.54, 1.807) is 12.1 Å². The summed E-state index contributed by atoms with van der Waals surface area (Å²) in [5.74, 6) is -1.87. The summed E-state index contributed by atoms with van der Waals surface area (Å²) >= 11 is 0. The summed E-state index contributed by atoms with van der Waals surface area (Å²) < 4.78 is 5.40. The van der Waals surface area contributed by atoms with E-state index in [-0.39, 0.29) is 18.1 Å². The van der Waals surface area contributed by atoms with Crippen molar-refractivity contribution in [3.8, 4) is 5.75 Å². The van der Waals surface area contributed by atoms with Crippen molar-refractivity contribution in [3.63, 3.8) is 0 Å². The fourth-order valence-corrected chi connectivity index (χ4v) is 2.69. The second kappa shape index (κ2) is 6.13. The molecule has 6 nitrogen and oxygen atoms in total. The molecule has 0 aliphatic heterocycles. The van der Waals surface area contributed by atoms with Crippen LogP contribution in [0.4, 0.5) is 0 Å². The standard InChI is InChI=1S/C15H19NO5/c16-13(17)10-4-3-7-12(8-10)21-9-15(20,14(18)19)11-5-1-2-6-11/h3-4,7-8,11,20H,1-2,5-6,9H2,(H2,16,17)(H,18,19). The molecule has 0 heterocycles. The van der Waals surface area contributed by atoms with Gasteiger partial charge in [-0.3, -0.25) is 4.79 Å². The monoisotopic (exact) mass is 293 g/mol. The van der Waals surface area contributed by atoms with Gasteiger partial charge in [0.1, 0.15) is 12.4 Å². The van der Waals surface area contributed by atoms with Gasteiger partial charge < -0.3 is 20.7 Å². The number of hydrogen-bond donors (Lipinski definition) is 3. The molecule has 1 unspecified atom stereocenters. The lowest BCUT2D eigenvalue weighted by Crippen LogP contribution is -2.50. The molecule has 1 aliphatic rings. The van der Waals surface area contributed by atoms with Gasteiger partial charge >= 0.3 is 5.97 Å². The van der Waals surface area contributed by atoms with Crippen molar-refractivity contribution in [1.29, 1.82) is 0 Å². The lowest BCUT2D eigenvalue weighted by Gasteiger charge is -2.29. The Labute approximate surface area is 122 Å². The van der Waals surface area contributed by atoms with Gasteiger partial charge in [-0.15, -0.1) is 0 Å². The Kier molecular flexibility index (Phi) is 4.47. The molecule has 2 rings (SSSR count). The maximum atomic E-state index is 11.4. The first-order chi connectivity index (χ1) is 9.93. The number of carbonyl (C=O) groups excluding carboxylic acids is 1. The molecule has 0 saturated heterocycles. The normalized spacial score (nSPS) is 18.1. The molecule has 1 saturated carbocycles. The summed E-state index contributed by atoms with van der Waals surface area (Å²) in [6, 6.07) is 6.14. The van der Waals surface area contributed by atoms with Crippen molar-refractivity contribution >= 4 is 11.9 Å². The smallest absolute Gasteiger partial charge is 0.339 e. The molecule has 1 fully saturated rings. The van der Waals surface area contributed by atoms with E-state index in [9.17, 15) is 19.8 Å². The summed E-state index contributed by atoms with van der Waals surface area (Å²) in [4.78, 5) is 22.5. The summed E-state index contributed by atoms with van der Waals surface area (Å²) in [6.45, 7) is -0.352. The van der Waals surface area contributed by atoms with Gasteiger partial charge in [-0.25, -0.2) is 4.79 Å². The van der Waals surface area contributed by atoms with E-state index < -0.39 is 17.5 Å². The largest absolute Gasteiger partial charge is 0.490 e. The van der Waals surface area contributed by atoms with Crippen LogP contribution in [0.25, 0.3) is 0 Å². The van der Waals surface area contributed by atoms with Crippen LogP contribution in [0.1, 0.15) is 36.0 Å². The zero-order valence-corrected chi connectivity index (χ0v) is 11.6. The first-order valence-corrected chi connectivity index (χ1v) is 6.92. The second-order valence-corrected chi connectivity index (χ2v) is 5.39. The van der Waals surface area contributed by atoms with Crippen LogP contribution in [0.5, 0.6) is 5.75 Å². The van der Waals surface area contributed by atoms with Crippen molar-refractivity contribution in [2.24, 2.45) is 11.7 Å². The number of primary amides is 1. The molecule has 1 amide bonds. The lowest BCUT2D eigenvalue weighted by molar-refractivity contribution is -0.169. The Hall–Kier alpha value is -2.08. The molecule has 1 aromatic carbocycles. The van der Waals surface area contributed by atoms with E-state index in [1.165, 1.54) is 12.1 Å². The summed E-state index contributed by atoms with van der Waals surface area (Å²) in [5, 5.41) is 19.7. The third-order valence-electron chi connectivity index (χ3n) is 3.98. The number of carbonyl (C=O) groups is 2. The van der Waals surface area contributed by atoms with Crippen LogP contribution < -0.4 is 10.5 Å². The van der Waals surface area contributed by atoms with E-state index in [4.69, 9.17) is 10.5 Å². The average Bonchev–Trinajstić information content (AvgIpc) is 2.99. The number of ether oxygens (including phenoxy) is 1. The molecular formula is C15H19NO5. The zero-order valence-electron chi connectivity index (χ0n) is 11.6. The maximum absolute atomic E-state index is 11.4. The number of benzene rings is 1. The van der Waals surface area contributed by atoms with Crippen molar-refractivity contribution in [3.05, 3.63) is 29.8 Å². The quantitative estimate of drug-likeness (QED) is 0.729. The minimum atomic E-state index is -1.90. The number of aliphatic hydroxyl groups is 1. The Morgan fingerprint density at radius 1 is 1.33 bits per heavy atom. The first kappa shape index (κ1) is 15.3. The summed E-state index contributed by atoms with van der Waals surface area (Å²) in [6.07, 6.45) is 3.18. The molecule has 0 spiro atoms. The van der Waals surface area contributed by atoms with Crippen molar-refractivity contribution in [2.75, 3.05) is 6.61 Å². The lowest BCUT2D eigenvalue weighted by atomic mass is 9.87. The van der Waals surface area contributed by atoms with Gasteiger partial charge in [-0.05, 0) is 31.0 Å². The molecular weight excluding hydrogens is 274 g/mol. The molecule has 21 heavy (non-hydrogen) atoms. The average molecular weight is 293 g/mol. The molecule has 1 aromatic rings. The first-order valence-electron chi connectivity index (χ1n) is 6.92. The fraction of sp³-hybridized carbons (Fsp3) is 0.467. The molecule has 0 aromatic heterocycles. The van der Waals surface area contributed by atoms with Crippen LogP contribution in [-0.2, 0) is 4.79 Å². The van der Waals surface area contributed by atoms with Crippen molar-refractivity contribution in [1.82, 2.24) is 0 Å². The van der Waals surface area contributed by atoms with Crippen molar-refractivity contribution < 1.29 is 24.5 Å². The van der Waals surface area contributed by atoms with Gasteiger partial charge in [0.15, 0.2) is 5.60 Å². The highest BCUT2D eigenvalue weighted by Crippen LogP contribution is 2.35. The van der Waals surface area contributed by atoms with Gasteiger partial charge in [-0.2, -0.15) is 0 Å². The fourth-order valence-electron chi connectivity index (χ4n) is 2.69. The maximum Gasteiger partial charge on any atom is 0.339 e. The molecule has 0 bridgehead atoms. The molecule has 0 radical (unpaired) electrons. The Morgan fingerprint density at radius 3 is 2.57 bits per heavy atom. The van der Waals surface area contributed by atoms with Gasteiger partial charge in [-0.1, -0.05) is 18.9 Å². The number of amides is 1. The topological polar surface area (TPSA) is 110 Å². The minimum Gasteiger partial charge on any atom is -0.490 e. The molecule has 4 N–H and O–H groups in total. The number of nitrogens with two attached hydrogens (primary N) is 1. The SMILES string of the molecule is NC(=O)c1cccc(OCC(O)(C(=O)O)C2CCCC2)c1. The third-order valence-corrected chi connectivity index (χ3v) is 3.98. The number of carboxylic acid groups (broad SMARTS) is 1. The highest BCUT2D eigenvalue weighted by molar-refractivity contribution is 5.93. The molecule has 1 aliphatic carbocycles. The van der Waals surface area contributed by atoms with Crippen LogP contribution >= 0.6 is 0 Å². The molecule has 6 heteroatoms. The van der Waals surface area contributed by atoms with Crippen LogP contribution in [0, 0.1) is 5.92 Å². The van der Waals surface area contributed by atoms with Crippen LogP contribution in [-0.4, -0.2) is 34.3 Å². The Bertz CT molecular complexity index is 539. The number of carboxylic acids is 1. The predicted molar refractivity (Wildman–Crippen MR) is 75.0 cm³/mol. The zero-order chi connectivity index (χ0) is 15.5.